The van der Waals surface area contributed by atoms with Crippen LogP contribution in [0.1, 0.15) is 47.5 Å². The summed E-state index contributed by atoms with van der Waals surface area (Å²) in [4.78, 5) is 25.8. The van der Waals surface area contributed by atoms with Crippen LogP contribution in [0.3, 0.4) is 0 Å². The Morgan fingerprint density at radius 3 is 2.23 bits per heavy atom. The predicted octanol–water partition coefficient (Wildman–Crippen LogP) is 5.79. The molecule has 1 rings (SSSR count). The van der Waals surface area contributed by atoms with Crippen LogP contribution in [0.15, 0.2) is 62.9 Å². The van der Waals surface area contributed by atoms with Crippen molar-refractivity contribution in [1.82, 2.24) is 0 Å². The van der Waals surface area contributed by atoms with Crippen molar-refractivity contribution in [2.45, 2.75) is 52.4 Å². The number of anilines is 1. The van der Waals surface area contributed by atoms with Gasteiger partial charge in [0, 0.05) is 26.6 Å². The highest BCUT2D eigenvalue weighted by atomic mass is 32.2. The molecule has 0 atom stereocenters. The van der Waals surface area contributed by atoms with Crippen molar-refractivity contribution in [3.63, 3.8) is 0 Å². The number of nitrogens with one attached hydrogen (secondary N) is 1. The van der Waals surface area contributed by atoms with Gasteiger partial charge in [0.15, 0.2) is 0 Å². The molecule has 140 valence electrons. The maximum atomic E-state index is 12.3. The van der Waals surface area contributed by atoms with Gasteiger partial charge in [0.2, 0.25) is 0 Å². The summed E-state index contributed by atoms with van der Waals surface area (Å²) in [6.07, 6.45) is 5.23. The zero-order valence-corrected chi connectivity index (χ0v) is 16.9. The van der Waals surface area contributed by atoms with Crippen molar-refractivity contribution < 1.29 is 14.7 Å². The lowest BCUT2D eigenvalue weighted by molar-refractivity contribution is -0.133. The Morgan fingerprint density at radius 2 is 1.77 bits per heavy atom. The topological polar surface area (TPSA) is 66.4 Å². The van der Waals surface area contributed by atoms with E-state index in [9.17, 15) is 14.7 Å². The smallest absolute Gasteiger partial charge is 0.332 e. The van der Waals surface area contributed by atoms with Crippen LogP contribution in [-0.2, 0) is 9.59 Å². The van der Waals surface area contributed by atoms with Crippen LogP contribution in [0, 0.1) is 0 Å². The van der Waals surface area contributed by atoms with Gasteiger partial charge in [-0.2, -0.15) is 0 Å². The number of carboxylic acids is 1. The zero-order chi connectivity index (χ0) is 19.7. The van der Waals surface area contributed by atoms with Crippen LogP contribution in [0.4, 0.5) is 5.69 Å². The molecule has 0 unspecified atom stereocenters. The molecule has 0 saturated heterocycles. The van der Waals surface area contributed by atoms with Crippen molar-refractivity contribution in [2.75, 3.05) is 5.32 Å². The molecule has 0 radical (unpaired) electrons. The van der Waals surface area contributed by atoms with Gasteiger partial charge in [0.25, 0.3) is 5.91 Å². The Morgan fingerprint density at radius 1 is 1.15 bits per heavy atom. The Bertz CT molecular complexity index is 739. The van der Waals surface area contributed by atoms with Crippen molar-refractivity contribution in [3.8, 4) is 0 Å². The monoisotopic (exact) mass is 373 g/mol. The third-order valence-corrected chi connectivity index (χ3v) is 4.71. The van der Waals surface area contributed by atoms with E-state index in [0.29, 0.717) is 18.5 Å². The van der Waals surface area contributed by atoms with Gasteiger partial charge in [-0.1, -0.05) is 36.8 Å². The van der Waals surface area contributed by atoms with Gasteiger partial charge in [-0.25, -0.2) is 4.79 Å². The Kier molecular flexibility index (Phi) is 8.93. The van der Waals surface area contributed by atoms with Crippen LogP contribution >= 0.6 is 11.8 Å². The molecule has 2 N–H and O–H groups in total. The van der Waals surface area contributed by atoms with E-state index in [0.717, 1.165) is 9.80 Å². The molecule has 0 aliphatic rings. The molecule has 0 aromatic heterocycles. The fourth-order valence-corrected chi connectivity index (χ4v) is 3.22. The summed E-state index contributed by atoms with van der Waals surface area (Å²) in [6.45, 7) is 9.56. The summed E-state index contributed by atoms with van der Waals surface area (Å²) >= 11 is 1.65. The molecule has 0 bridgehead atoms. The number of carbonyl (C=O) groups excluding carboxylic acids is 1. The second kappa shape index (κ2) is 10.7. The van der Waals surface area contributed by atoms with E-state index in [4.69, 9.17) is 0 Å². The van der Waals surface area contributed by atoms with Gasteiger partial charge < -0.3 is 10.4 Å². The Hall–Kier alpha value is -2.27. The first-order chi connectivity index (χ1) is 12.3. The molecule has 0 saturated carbocycles. The average molecular weight is 374 g/mol. The lowest BCUT2D eigenvalue weighted by Crippen LogP contribution is -2.17. The summed E-state index contributed by atoms with van der Waals surface area (Å²) in [5, 5.41) is 12.0. The molecule has 1 aromatic carbocycles. The van der Waals surface area contributed by atoms with Gasteiger partial charge >= 0.3 is 5.97 Å². The van der Waals surface area contributed by atoms with E-state index in [2.05, 4.69) is 31.3 Å². The van der Waals surface area contributed by atoms with Crippen molar-refractivity contribution >= 4 is 29.3 Å². The number of thioether (sulfide) groups is 1. The molecule has 1 amide bonds. The summed E-state index contributed by atoms with van der Waals surface area (Å²) in [5.41, 5.74) is 2.29. The fourth-order valence-electron chi connectivity index (χ4n) is 2.27. The van der Waals surface area contributed by atoms with Gasteiger partial charge in [-0.15, -0.1) is 0 Å². The van der Waals surface area contributed by atoms with Gasteiger partial charge in [0.05, 0.1) is 0 Å². The van der Waals surface area contributed by atoms with E-state index in [-0.39, 0.29) is 17.1 Å². The van der Waals surface area contributed by atoms with Crippen LogP contribution in [0.25, 0.3) is 0 Å². The van der Waals surface area contributed by atoms with Gasteiger partial charge in [0.1, 0.15) is 0 Å². The minimum absolute atomic E-state index is 0.164. The SMILES string of the molecule is C/C=C(\C=C(C)C)Sc1ccc(NC(=O)/C(C)=C(/CCC)C(=O)O)cc1. The Labute approximate surface area is 160 Å². The second-order valence-corrected chi connectivity index (χ2v) is 7.30. The summed E-state index contributed by atoms with van der Waals surface area (Å²) < 4.78 is 0. The van der Waals surface area contributed by atoms with Crippen molar-refractivity contribution in [2.24, 2.45) is 0 Å². The minimum Gasteiger partial charge on any atom is -0.478 e. The molecule has 0 heterocycles. The zero-order valence-electron chi connectivity index (χ0n) is 16.1. The molecule has 0 aliphatic heterocycles. The van der Waals surface area contributed by atoms with E-state index < -0.39 is 5.97 Å². The second-order valence-electron chi connectivity index (χ2n) is 6.15. The molecule has 4 nitrogen and oxygen atoms in total. The van der Waals surface area contributed by atoms with Crippen LogP contribution in [0.5, 0.6) is 0 Å². The molecular formula is C21H27NO3S. The maximum absolute atomic E-state index is 12.3. The summed E-state index contributed by atoms with van der Waals surface area (Å²) in [5.74, 6) is -1.42. The normalized spacial score (nSPS) is 12.3. The average Bonchev–Trinajstić information content (AvgIpc) is 2.59. The fraction of sp³-hybridized carbons (Fsp3) is 0.333. The molecule has 5 heteroatoms. The van der Waals surface area contributed by atoms with Crippen LogP contribution in [-0.4, -0.2) is 17.0 Å². The number of carboxylic acid groups (broad SMARTS) is 1. The highest BCUT2D eigenvalue weighted by Crippen LogP contribution is 2.29. The quantitative estimate of drug-likeness (QED) is 0.344. The lowest BCUT2D eigenvalue weighted by atomic mass is 10.0. The van der Waals surface area contributed by atoms with Gasteiger partial charge in [-0.3, -0.25) is 4.79 Å². The number of hydrogen-bond donors (Lipinski definition) is 2. The van der Waals surface area contributed by atoms with E-state index in [1.54, 1.807) is 18.7 Å². The highest BCUT2D eigenvalue weighted by Gasteiger charge is 2.16. The maximum Gasteiger partial charge on any atom is 0.332 e. The first-order valence-corrected chi connectivity index (χ1v) is 9.43. The molecule has 0 aliphatic carbocycles. The lowest BCUT2D eigenvalue weighted by Gasteiger charge is -2.10. The number of aliphatic carboxylic acids is 1. The third kappa shape index (κ3) is 6.92. The number of benzene rings is 1. The van der Waals surface area contributed by atoms with Crippen LogP contribution in [0.2, 0.25) is 0 Å². The van der Waals surface area contributed by atoms with Crippen molar-refractivity contribution in [1.29, 1.82) is 0 Å². The number of hydrogen-bond acceptors (Lipinski definition) is 3. The standard InChI is InChI=1S/C21H27NO3S/c1-6-8-19(21(24)25)15(5)20(23)22-16-9-11-18(12-10-16)26-17(7-2)13-14(3)4/h7,9-13H,6,8H2,1-5H3,(H,22,23)(H,24,25)/b17-7+,19-15-. The predicted molar refractivity (Wildman–Crippen MR) is 109 cm³/mol. The number of amides is 1. The minimum atomic E-state index is -1.04. The van der Waals surface area contributed by atoms with E-state index in [1.807, 2.05) is 38.1 Å². The van der Waals surface area contributed by atoms with E-state index >= 15 is 0 Å². The number of carbonyl (C=O) groups is 2. The van der Waals surface area contributed by atoms with Gasteiger partial charge in [-0.05, 0) is 64.5 Å². The van der Waals surface area contributed by atoms with Crippen molar-refractivity contribution in [3.05, 3.63) is 58.0 Å². The molecule has 0 fully saturated rings. The molecular weight excluding hydrogens is 346 g/mol. The highest BCUT2D eigenvalue weighted by molar-refractivity contribution is 8.03. The first-order valence-electron chi connectivity index (χ1n) is 8.62. The Balaban J connectivity index is 2.87. The van der Waals surface area contributed by atoms with E-state index in [1.165, 1.54) is 5.57 Å². The molecule has 26 heavy (non-hydrogen) atoms. The van der Waals surface area contributed by atoms with Crippen LogP contribution < -0.4 is 5.32 Å². The number of rotatable bonds is 8. The number of allylic oxidation sites excluding steroid dienone is 3. The third-order valence-electron chi connectivity index (χ3n) is 3.61. The summed E-state index contributed by atoms with van der Waals surface area (Å²) in [7, 11) is 0. The first kappa shape index (κ1) is 21.8. The summed E-state index contributed by atoms with van der Waals surface area (Å²) in [6, 6.07) is 7.52. The molecule has 0 spiro atoms. The molecule has 1 aromatic rings. The largest absolute Gasteiger partial charge is 0.478 e.